The molecule has 0 radical (unpaired) electrons. The molecule has 0 aromatic carbocycles. The highest BCUT2D eigenvalue weighted by Gasteiger charge is 2.32. The predicted molar refractivity (Wildman–Crippen MR) is 72.1 cm³/mol. The van der Waals surface area contributed by atoms with Crippen molar-refractivity contribution in [1.29, 1.82) is 0 Å². The van der Waals surface area contributed by atoms with Crippen LogP contribution in [0.15, 0.2) is 5.16 Å². The van der Waals surface area contributed by atoms with Gasteiger partial charge >= 0.3 is 0 Å². The molecule has 4 N–H and O–H groups in total. The lowest BCUT2D eigenvalue weighted by Crippen LogP contribution is -2.46. The van der Waals surface area contributed by atoms with E-state index in [9.17, 15) is 4.79 Å². The summed E-state index contributed by atoms with van der Waals surface area (Å²) in [5, 5.41) is 14.3. The van der Waals surface area contributed by atoms with Gasteiger partial charge in [-0.3, -0.25) is 9.69 Å². The number of oxime groups is 1. The third kappa shape index (κ3) is 4.68. The highest BCUT2D eigenvalue weighted by molar-refractivity contribution is 6.05. The normalized spacial score (nSPS) is 18.3. The Bertz CT molecular complexity index is 325. The van der Waals surface area contributed by atoms with Crippen molar-refractivity contribution in [1.82, 2.24) is 10.2 Å². The van der Waals surface area contributed by atoms with E-state index >= 15 is 0 Å². The van der Waals surface area contributed by atoms with Crippen LogP contribution in [0.5, 0.6) is 0 Å². The number of ether oxygens (including phenoxy) is 1. The molecule has 0 bridgehead atoms. The number of carbonyl (C=O) groups is 1. The molecule has 1 amide bonds. The summed E-state index contributed by atoms with van der Waals surface area (Å²) in [4.78, 5) is 14.2. The van der Waals surface area contributed by atoms with Gasteiger partial charge < -0.3 is 21.0 Å². The number of amidine groups is 1. The molecule has 0 unspecified atom stereocenters. The van der Waals surface area contributed by atoms with Gasteiger partial charge in [0.1, 0.15) is 5.41 Å². The van der Waals surface area contributed by atoms with E-state index in [1.165, 1.54) is 0 Å². The fourth-order valence-corrected chi connectivity index (χ4v) is 1.79. The molecule has 110 valence electrons. The Hall–Kier alpha value is -1.34. The maximum absolute atomic E-state index is 11.9. The van der Waals surface area contributed by atoms with Crippen LogP contribution in [0.4, 0.5) is 0 Å². The number of hydrogen-bond acceptors (Lipinski definition) is 5. The highest BCUT2D eigenvalue weighted by atomic mass is 16.5. The number of rotatable bonds is 6. The topological polar surface area (TPSA) is 100 Å². The third-order valence-corrected chi connectivity index (χ3v) is 3.36. The molecular formula is C12H24N4O3. The Morgan fingerprint density at radius 3 is 2.68 bits per heavy atom. The summed E-state index contributed by atoms with van der Waals surface area (Å²) in [5.74, 6) is -0.317. The standard InChI is InChI=1S/C12H24N4O3/c1-12(2,10(13)15-18)11(17)14-4-3-5-16-6-8-19-9-7-16/h18H,3-9H2,1-2H3,(H2,13,15)(H,14,17). The van der Waals surface area contributed by atoms with Gasteiger partial charge in [-0.1, -0.05) is 5.16 Å². The number of nitrogens with zero attached hydrogens (tertiary/aromatic N) is 2. The molecule has 1 rings (SSSR count). The molecule has 1 aliphatic heterocycles. The summed E-state index contributed by atoms with van der Waals surface area (Å²) in [6, 6.07) is 0. The smallest absolute Gasteiger partial charge is 0.233 e. The molecule has 7 heteroatoms. The number of hydrogen-bond donors (Lipinski definition) is 3. The quantitative estimate of drug-likeness (QED) is 0.201. The molecule has 0 aliphatic carbocycles. The van der Waals surface area contributed by atoms with Crippen molar-refractivity contribution in [3.63, 3.8) is 0 Å². The van der Waals surface area contributed by atoms with E-state index in [1.807, 2.05) is 0 Å². The van der Waals surface area contributed by atoms with Crippen LogP contribution in [0.1, 0.15) is 20.3 Å². The summed E-state index contributed by atoms with van der Waals surface area (Å²) in [7, 11) is 0. The summed E-state index contributed by atoms with van der Waals surface area (Å²) in [6.07, 6.45) is 0.873. The van der Waals surface area contributed by atoms with E-state index in [2.05, 4.69) is 15.4 Å². The van der Waals surface area contributed by atoms with Crippen molar-refractivity contribution < 1.29 is 14.7 Å². The number of nitrogens with two attached hydrogens (primary N) is 1. The summed E-state index contributed by atoms with van der Waals surface area (Å²) in [5.41, 5.74) is 4.50. The molecule has 0 saturated carbocycles. The van der Waals surface area contributed by atoms with Crippen LogP contribution in [-0.4, -0.2) is 61.2 Å². The zero-order chi connectivity index (χ0) is 14.3. The van der Waals surface area contributed by atoms with Crippen molar-refractivity contribution in [2.24, 2.45) is 16.3 Å². The SMILES string of the molecule is CC(C)(C(=O)NCCCN1CCOCC1)C(N)=NO. The van der Waals surface area contributed by atoms with Gasteiger partial charge in [-0.15, -0.1) is 0 Å². The van der Waals surface area contributed by atoms with Crippen LogP contribution in [0.25, 0.3) is 0 Å². The molecular weight excluding hydrogens is 248 g/mol. The molecule has 1 fully saturated rings. The van der Waals surface area contributed by atoms with Gasteiger partial charge in [0.25, 0.3) is 0 Å². The van der Waals surface area contributed by atoms with Gasteiger partial charge in [-0.25, -0.2) is 0 Å². The summed E-state index contributed by atoms with van der Waals surface area (Å²) >= 11 is 0. The first-order chi connectivity index (χ1) is 8.98. The van der Waals surface area contributed by atoms with Crippen LogP contribution in [0.2, 0.25) is 0 Å². The Morgan fingerprint density at radius 1 is 1.47 bits per heavy atom. The first-order valence-corrected chi connectivity index (χ1v) is 6.55. The van der Waals surface area contributed by atoms with Crippen LogP contribution in [0, 0.1) is 5.41 Å². The minimum absolute atomic E-state index is 0.0850. The van der Waals surface area contributed by atoms with E-state index in [4.69, 9.17) is 15.7 Å². The first-order valence-electron chi connectivity index (χ1n) is 6.55. The predicted octanol–water partition coefficient (Wildman–Crippen LogP) is -0.402. The summed E-state index contributed by atoms with van der Waals surface area (Å²) < 4.78 is 5.27. The minimum Gasteiger partial charge on any atom is -0.409 e. The molecule has 1 aliphatic rings. The van der Waals surface area contributed by atoms with Gasteiger partial charge in [0, 0.05) is 19.6 Å². The van der Waals surface area contributed by atoms with Crippen LogP contribution < -0.4 is 11.1 Å². The lowest BCUT2D eigenvalue weighted by molar-refractivity contribution is -0.126. The van der Waals surface area contributed by atoms with Gasteiger partial charge in [-0.05, 0) is 26.8 Å². The monoisotopic (exact) mass is 272 g/mol. The van der Waals surface area contributed by atoms with E-state index < -0.39 is 5.41 Å². The molecule has 1 saturated heterocycles. The first kappa shape index (κ1) is 15.7. The van der Waals surface area contributed by atoms with E-state index in [-0.39, 0.29) is 11.7 Å². The van der Waals surface area contributed by atoms with Crippen LogP contribution in [-0.2, 0) is 9.53 Å². The maximum atomic E-state index is 11.9. The van der Waals surface area contributed by atoms with Gasteiger partial charge in [0.15, 0.2) is 5.84 Å². The molecule has 1 heterocycles. The van der Waals surface area contributed by atoms with Crippen molar-refractivity contribution in [3.8, 4) is 0 Å². The average molecular weight is 272 g/mol. The molecule has 0 aromatic heterocycles. The largest absolute Gasteiger partial charge is 0.409 e. The minimum atomic E-state index is -0.992. The second-order valence-electron chi connectivity index (χ2n) is 5.17. The van der Waals surface area contributed by atoms with Gasteiger partial charge in [-0.2, -0.15) is 0 Å². The molecule has 0 spiro atoms. The zero-order valence-corrected chi connectivity index (χ0v) is 11.7. The second-order valence-corrected chi connectivity index (χ2v) is 5.17. The molecule has 7 nitrogen and oxygen atoms in total. The average Bonchev–Trinajstić information content (AvgIpc) is 2.43. The van der Waals surface area contributed by atoms with Crippen molar-refractivity contribution in [2.75, 3.05) is 39.4 Å². The lowest BCUT2D eigenvalue weighted by Gasteiger charge is -2.27. The van der Waals surface area contributed by atoms with Gasteiger partial charge in [0.2, 0.25) is 5.91 Å². The Kier molecular flexibility index (Phi) is 6.04. The molecule has 0 aromatic rings. The summed E-state index contributed by atoms with van der Waals surface area (Å²) in [6.45, 7) is 8.23. The van der Waals surface area contributed by atoms with Crippen molar-refractivity contribution in [2.45, 2.75) is 20.3 Å². The van der Waals surface area contributed by atoms with Crippen LogP contribution in [0.3, 0.4) is 0 Å². The molecule has 19 heavy (non-hydrogen) atoms. The Labute approximate surface area is 113 Å². The number of amides is 1. The second kappa shape index (κ2) is 7.30. The maximum Gasteiger partial charge on any atom is 0.233 e. The van der Waals surface area contributed by atoms with E-state index in [1.54, 1.807) is 13.8 Å². The third-order valence-electron chi connectivity index (χ3n) is 3.36. The zero-order valence-electron chi connectivity index (χ0n) is 11.7. The number of carbonyl (C=O) groups excluding carboxylic acids is 1. The van der Waals surface area contributed by atoms with Gasteiger partial charge in [0.05, 0.1) is 13.2 Å². The Balaban J connectivity index is 2.23. The van der Waals surface area contributed by atoms with E-state index in [0.717, 1.165) is 39.3 Å². The number of morpholine rings is 1. The fourth-order valence-electron chi connectivity index (χ4n) is 1.79. The Morgan fingerprint density at radius 2 is 2.11 bits per heavy atom. The lowest BCUT2D eigenvalue weighted by atomic mass is 9.91. The molecule has 0 atom stereocenters. The number of nitrogens with one attached hydrogen (secondary N) is 1. The van der Waals surface area contributed by atoms with Crippen molar-refractivity contribution >= 4 is 11.7 Å². The van der Waals surface area contributed by atoms with E-state index in [0.29, 0.717) is 6.54 Å². The van der Waals surface area contributed by atoms with Crippen LogP contribution >= 0.6 is 0 Å². The highest BCUT2D eigenvalue weighted by Crippen LogP contribution is 2.14. The van der Waals surface area contributed by atoms with Crippen molar-refractivity contribution in [3.05, 3.63) is 0 Å². The fraction of sp³-hybridized carbons (Fsp3) is 0.833.